The van der Waals surface area contributed by atoms with E-state index in [-0.39, 0.29) is 29.9 Å². The van der Waals surface area contributed by atoms with Gasteiger partial charge in [0.2, 0.25) is 11.8 Å². The van der Waals surface area contributed by atoms with Crippen molar-refractivity contribution >= 4 is 22.9 Å². The summed E-state index contributed by atoms with van der Waals surface area (Å²) in [5.74, 6) is 0.486. The molecular formula is C25H32N6O5. The highest BCUT2D eigenvalue weighted by atomic mass is 16.5. The van der Waals surface area contributed by atoms with E-state index in [0.717, 1.165) is 24.0 Å². The number of carbonyl (C=O) groups is 1. The fourth-order valence-corrected chi connectivity index (χ4v) is 4.11. The summed E-state index contributed by atoms with van der Waals surface area (Å²) in [6.45, 7) is 4.48. The number of fused-ring (bicyclic) bond motifs is 1. The molecule has 0 aliphatic carbocycles. The predicted molar refractivity (Wildman–Crippen MR) is 135 cm³/mol. The Morgan fingerprint density at radius 1 is 1.17 bits per heavy atom. The summed E-state index contributed by atoms with van der Waals surface area (Å²) < 4.78 is 17.7. The minimum atomic E-state index is -0.335. The summed E-state index contributed by atoms with van der Waals surface area (Å²) in [4.78, 5) is 41.0. The molecule has 0 spiro atoms. The van der Waals surface area contributed by atoms with E-state index in [1.807, 2.05) is 19.1 Å². The average Bonchev–Trinajstić information content (AvgIpc) is 3.40. The second kappa shape index (κ2) is 11.9. The SMILES string of the molecule is CCCOCCn1c(=O)c(NCC(=O)N2CC[C@H](OC)C2)nc2ncc(-c3ccc(OC)nc3)cc21. The molecule has 1 aliphatic rings. The fourth-order valence-electron chi connectivity index (χ4n) is 4.11. The number of carbonyl (C=O) groups excluding carboxylic acids is 1. The first-order valence-corrected chi connectivity index (χ1v) is 12.1. The smallest absolute Gasteiger partial charge is 0.293 e. The van der Waals surface area contributed by atoms with Crippen LogP contribution in [-0.2, 0) is 20.8 Å². The van der Waals surface area contributed by atoms with Gasteiger partial charge >= 0.3 is 0 Å². The van der Waals surface area contributed by atoms with Crippen LogP contribution in [-0.4, -0.2) is 83.5 Å². The Balaban J connectivity index is 1.62. The Kier molecular flexibility index (Phi) is 8.44. The van der Waals surface area contributed by atoms with E-state index in [2.05, 4.69) is 20.3 Å². The molecule has 0 unspecified atom stereocenters. The minimum Gasteiger partial charge on any atom is -0.481 e. The fraction of sp³-hybridized carbons (Fsp3) is 0.480. The molecule has 11 heteroatoms. The van der Waals surface area contributed by atoms with Crippen LogP contribution in [0.3, 0.4) is 0 Å². The highest BCUT2D eigenvalue weighted by molar-refractivity contribution is 5.82. The zero-order chi connectivity index (χ0) is 25.5. The summed E-state index contributed by atoms with van der Waals surface area (Å²) in [5.41, 5.74) is 2.26. The molecular weight excluding hydrogens is 464 g/mol. The predicted octanol–water partition coefficient (Wildman–Crippen LogP) is 1.95. The van der Waals surface area contributed by atoms with E-state index in [0.29, 0.717) is 49.9 Å². The monoisotopic (exact) mass is 496 g/mol. The molecule has 0 bridgehead atoms. The highest BCUT2D eigenvalue weighted by Gasteiger charge is 2.26. The second-order valence-electron chi connectivity index (χ2n) is 8.53. The van der Waals surface area contributed by atoms with Crippen molar-refractivity contribution in [2.45, 2.75) is 32.4 Å². The zero-order valence-electron chi connectivity index (χ0n) is 20.9. The number of hydrogen-bond acceptors (Lipinski definition) is 9. The number of nitrogens with zero attached hydrogens (tertiary/aromatic N) is 5. The molecule has 192 valence electrons. The van der Waals surface area contributed by atoms with Crippen molar-refractivity contribution < 1.29 is 19.0 Å². The summed E-state index contributed by atoms with van der Waals surface area (Å²) in [5, 5.41) is 2.93. The van der Waals surface area contributed by atoms with Crippen LogP contribution in [0, 0.1) is 0 Å². The molecule has 11 nitrogen and oxygen atoms in total. The number of anilines is 1. The van der Waals surface area contributed by atoms with Gasteiger partial charge in [-0.25, -0.2) is 15.0 Å². The van der Waals surface area contributed by atoms with Crippen molar-refractivity contribution in [1.82, 2.24) is 24.4 Å². The van der Waals surface area contributed by atoms with Crippen molar-refractivity contribution in [1.29, 1.82) is 0 Å². The Labute approximate surface area is 209 Å². The topological polar surface area (TPSA) is 121 Å². The van der Waals surface area contributed by atoms with Crippen LogP contribution >= 0.6 is 0 Å². The third kappa shape index (κ3) is 5.80. The Bertz CT molecular complexity index is 1250. The van der Waals surface area contributed by atoms with Gasteiger partial charge in [0.1, 0.15) is 0 Å². The van der Waals surface area contributed by atoms with Crippen molar-refractivity contribution in [3.63, 3.8) is 0 Å². The van der Waals surface area contributed by atoms with Gasteiger partial charge in [0.25, 0.3) is 5.56 Å². The molecule has 0 saturated carbocycles. The number of methoxy groups -OCH3 is 2. The standard InChI is InChI=1S/C25H32N6O5/c1-4-10-36-11-9-31-20-12-18(17-5-6-21(35-3)26-13-17)14-27-23(20)29-24(25(31)33)28-15-22(32)30-8-7-19(16-30)34-2/h5-6,12-14,19H,4,7-11,15-16H2,1-3H3,(H,27,28,29)/t19-/m0/s1. The lowest BCUT2D eigenvalue weighted by atomic mass is 10.1. The summed E-state index contributed by atoms with van der Waals surface area (Å²) >= 11 is 0. The van der Waals surface area contributed by atoms with Gasteiger partial charge in [0.05, 0.1) is 31.9 Å². The van der Waals surface area contributed by atoms with E-state index >= 15 is 0 Å². The third-order valence-corrected chi connectivity index (χ3v) is 6.13. The molecule has 1 saturated heterocycles. The van der Waals surface area contributed by atoms with Crippen LogP contribution in [0.25, 0.3) is 22.3 Å². The molecule has 1 aliphatic heterocycles. The number of hydrogen-bond donors (Lipinski definition) is 1. The lowest BCUT2D eigenvalue weighted by Gasteiger charge is -2.17. The maximum absolute atomic E-state index is 13.4. The molecule has 3 aromatic rings. The van der Waals surface area contributed by atoms with Crippen molar-refractivity contribution in [3.05, 3.63) is 40.9 Å². The molecule has 1 amide bonds. The van der Waals surface area contributed by atoms with Gasteiger partial charge in [0.15, 0.2) is 11.5 Å². The zero-order valence-corrected chi connectivity index (χ0v) is 20.9. The highest BCUT2D eigenvalue weighted by Crippen LogP contribution is 2.23. The normalized spacial score (nSPS) is 15.4. The van der Waals surface area contributed by atoms with Crippen LogP contribution in [0.15, 0.2) is 35.4 Å². The lowest BCUT2D eigenvalue weighted by molar-refractivity contribution is -0.128. The first-order chi connectivity index (χ1) is 17.5. The van der Waals surface area contributed by atoms with E-state index < -0.39 is 0 Å². The molecule has 1 N–H and O–H groups in total. The number of likely N-dealkylation sites (tertiary alicyclic amines) is 1. The molecule has 4 rings (SSSR count). The number of aromatic nitrogens is 4. The Hall–Kier alpha value is -3.57. The molecule has 4 heterocycles. The summed E-state index contributed by atoms with van der Waals surface area (Å²) in [7, 11) is 3.21. The quantitative estimate of drug-likeness (QED) is 0.397. The van der Waals surface area contributed by atoms with E-state index in [1.54, 1.807) is 42.1 Å². The third-order valence-electron chi connectivity index (χ3n) is 6.13. The minimum absolute atomic E-state index is 0.0356. The van der Waals surface area contributed by atoms with Crippen LogP contribution in [0.1, 0.15) is 19.8 Å². The van der Waals surface area contributed by atoms with E-state index in [1.165, 1.54) is 0 Å². The van der Waals surface area contributed by atoms with Gasteiger partial charge in [-0.15, -0.1) is 0 Å². The molecule has 36 heavy (non-hydrogen) atoms. The van der Waals surface area contributed by atoms with Crippen molar-refractivity contribution in [2.24, 2.45) is 0 Å². The van der Waals surface area contributed by atoms with Crippen LogP contribution in [0.5, 0.6) is 5.88 Å². The Morgan fingerprint density at radius 3 is 2.69 bits per heavy atom. The summed E-state index contributed by atoms with van der Waals surface area (Å²) in [6.07, 6.45) is 5.11. The van der Waals surface area contributed by atoms with E-state index in [9.17, 15) is 9.59 Å². The molecule has 1 fully saturated rings. The van der Waals surface area contributed by atoms with Gasteiger partial charge in [-0.2, -0.15) is 0 Å². The second-order valence-corrected chi connectivity index (χ2v) is 8.53. The maximum Gasteiger partial charge on any atom is 0.293 e. The van der Waals surface area contributed by atoms with Gasteiger partial charge < -0.3 is 24.4 Å². The molecule has 3 aromatic heterocycles. The van der Waals surface area contributed by atoms with Crippen LogP contribution < -0.4 is 15.6 Å². The lowest BCUT2D eigenvalue weighted by Crippen LogP contribution is -2.36. The molecule has 0 aromatic carbocycles. The molecule has 1 atom stereocenters. The maximum atomic E-state index is 13.4. The number of rotatable bonds is 11. The van der Waals surface area contributed by atoms with Crippen LogP contribution in [0.4, 0.5) is 5.82 Å². The largest absolute Gasteiger partial charge is 0.481 e. The summed E-state index contributed by atoms with van der Waals surface area (Å²) in [6, 6.07) is 5.51. The first kappa shape index (κ1) is 25.5. The van der Waals surface area contributed by atoms with Gasteiger partial charge in [-0.05, 0) is 25.0 Å². The van der Waals surface area contributed by atoms with Gasteiger partial charge in [0, 0.05) is 62.9 Å². The van der Waals surface area contributed by atoms with Crippen LogP contribution in [0.2, 0.25) is 0 Å². The van der Waals surface area contributed by atoms with Crippen molar-refractivity contribution in [2.75, 3.05) is 52.4 Å². The van der Waals surface area contributed by atoms with Gasteiger partial charge in [-0.1, -0.05) is 6.92 Å². The number of ether oxygens (including phenoxy) is 3. The molecule has 0 radical (unpaired) electrons. The van der Waals surface area contributed by atoms with E-state index in [4.69, 9.17) is 14.2 Å². The first-order valence-electron chi connectivity index (χ1n) is 12.1. The van der Waals surface area contributed by atoms with Crippen molar-refractivity contribution in [3.8, 4) is 17.0 Å². The Morgan fingerprint density at radius 2 is 2.00 bits per heavy atom. The number of pyridine rings is 2. The number of nitrogens with one attached hydrogen (secondary N) is 1. The van der Waals surface area contributed by atoms with Gasteiger partial charge in [-0.3, -0.25) is 14.2 Å². The number of amides is 1. The average molecular weight is 497 g/mol.